The first-order valence-corrected chi connectivity index (χ1v) is 41.1. The van der Waals surface area contributed by atoms with Crippen molar-refractivity contribution in [3.8, 4) is 0 Å². The molecule has 0 bridgehead atoms. The molecule has 0 aromatic rings. The Kier molecular flexibility index (Phi) is 68.6. The van der Waals surface area contributed by atoms with Crippen LogP contribution in [0.2, 0.25) is 0 Å². The molecule has 0 saturated carbocycles. The largest absolute Gasteiger partial charge is 0.472 e. The van der Waals surface area contributed by atoms with Crippen molar-refractivity contribution in [2.45, 2.75) is 303 Å². The van der Waals surface area contributed by atoms with Crippen LogP contribution in [0, 0.1) is 0 Å². The summed E-state index contributed by atoms with van der Waals surface area (Å²) in [7, 11) is -9.99. The average molecular weight is 1440 g/mol. The minimum absolute atomic E-state index is 0.0257. The van der Waals surface area contributed by atoms with E-state index in [0.717, 1.165) is 161 Å². The summed E-state index contributed by atoms with van der Waals surface area (Å²) in [6.07, 6.45) is 81.5. The zero-order valence-electron chi connectivity index (χ0n) is 62.1. The Labute approximate surface area is 605 Å². The second-order valence-electron chi connectivity index (χ2n) is 24.8. The number of rotatable bonds is 70. The summed E-state index contributed by atoms with van der Waals surface area (Å²) < 4.78 is 68.3. The van der Waals surface area contributed by atoms with E-state index in [4.69, 9.17) is 37.0 Å². The molecule has 0 aliphatic heterocycles. The fraction of sp³-hybridized carbons (Fsp3) is 0.654. The molecular formula is C81H134O17P2. The Bertz CT molecular complexity index is 2470. The third kappa shape index (κ3) is 71.3. The number of hydrogen-bond acceptors (Lipinski definition) is 15. The zero-order chi connectivity index (χ0) is 73.2. The van der Waals surface area contributed by atoms with Gasteiger partial charge in [0.2, 0.25) is 0 Å². The SMILES string of the molecule is CC/C=C\C/C=C\C/C=C\C/C=C\C/C=C\C/C=C\CCC(=O)OCC(COP(=O)(O)OCC(O)COP(=O)(O)OCC(COC(=O)CCCCCCC/C=C\CCCCCC)OC(=O)CCCCCCC/C=C\CCCC)OC(=O)CCCCCC/C=C\C/C=C\C/C=C\C/C=C\CC. The maximum atomic E-state index is 13.1. The van der Waals surface area contributed by atoms with E-state index in [2.05, 4.69) is 155 Å². The van der Waals surface area contributed by atoms with Crippen LogP contribution in [0.5, 0.6) is 0 Å². The van der Waals surface area contributed by atoms with Crippen molar-refractivity contribution in [2.75, 3.05) is 39.6 Å². The molecule has 5 atom stereocenters. The molecule has 100 heavy (non-hydrogen) atoms. The van der Waals surface area contributed by atoms with Crippen LogP contribution < -0.4 is 0 Å². The maximum Gasteiger partial charge on any atom is 0.472 e. The molecule has 0 spiro atoms. The lowest BCUT2D eigenvalue weighted by molar-refractivity contribution is -0.161. The van der Waals surface area contributed by atoms with Crippen molar-refractivity contribution in [3.05, 3.63) is 146 Å². The van der Waals surface area contributed by atoms with Crippen LogP contribution in [0.15, 0.2) is 146 Å². The van der Waals surface area contributed by atoms with Crippen molar-refractivity contribution in [3.63, 3.8) is 0 Å². The third-order valence-electron chi connectivity index (χ3n) is 15.3. The summed E-state index contributed by atoms with van der Waals surface area (Å²) in [5, 5.41) is 10.6. The monoisotopic (exact) mass is 1440 g/mol. The van der Waals surface area contributed by atoms with E-state index in [0.29, 0.717) is 32.1 Å². The van der Waals surface area contributed by atoms with E-state index in [-0.39, 0.29) is 25.7 Å². The van der Waals surface area contributed by atoms with Gasteiger partial charge in [0.1, 0.15) is 19.3 Å². The highest BCUT2D eigenvalue weighted by Crippen LogP contribution is 2.45. The molecule has 570 valence electrons. The number of carbonyl (C=O) groups excluding carboxylic acids is 4. The summed E-state index contributed by atoms with van der Waals surface area (Å²) in [6, 6.07) is 0. The van der Waals surface area contributed by atoms with E-state index in [9.17, 15) is 43.2 Å². The fourth-order valence-corrected chi connectivity index (χ4v) is 11.1. The standard InChI is InChI=1S/C81H134O17P2/c1-5-9-13-17-21-25-29-32-34-36-37-39-40-43-47-50-54-58-62-66-79(84)92-72-77(98-81(86)68-64-60-56-52-48-44-41-38-35-33-30-26-22-18-14-10-6-2)74-96-100(89,90)94-70-75(82)69-93-99(87,88)95-73-76(97-80(85)67-63-59-55-51-45-28-24-20-16-12-8-4)71-91-78(83)65-61-57-53-49-46-42-31-27-23-19-15-11-7-3/h9-10,13-14,20-22,24-27,31-35,37,39,41,43-44,47,54,58,75-77,82H,5-8,11-12,15-19,23,28-30,36,38,40,42,45-46,48-53,55-57,59-74H2,1-4H3,(H,87,88)(H,89,90)/b13-9-,14-10-,24-20-,25-21-,26-22-,31-27-,34-32-,35-33-,39-37-,44-41-,47-43-,58-54-. The van der Waals surface area contributed by atoms with Crippen LogP contribution in [0.4, 0.5) is 0 Å². The molecule has 0 aromatic carbocycles. The molecular weight excluding hydrogens is 1310 g/mol. The van der Waals surface area contributed by atoms with Gasteiger partial charge in [-0.3, -0.25) is 37.3 Å². The van der Waals surface area contributed by atoms with Gasteiger partial charge in [-0.25, -0.2) is 9.13 Å². The minimum atomic E-state index is -5.00. The van der Waals surface area contributed by atoms with Gasteiger partial charge in [-0.05, 0) is 148 Å². The number of allylic oxidation sites excluding steroid dienone is 24. The number of unbranched alkanes of at least 4 members (excludes halogenated alkanes) is 20. The molecule has 0 saturated heterocycles. The maximum absolute atomic E-state index is 13.1. The zero-order valence-corrected chi connectivity index (χ0v) is 63.9. The van der Waals surface area contributed by atoms with Gasteiger partial charge in [-0.2, -0.15) is 0 Å². The number of phosphoric ester groups is 2. The Morgan fingerprint density at radius 2 is 0.550 bits per heavy atom. The molecule has 0 amide bonds. The van der Waals surface area contributed by atoms with E-state index in [1.54, 1.807) is 0 Å². The fourth-order valence-electron chi connectivity index (χ4n) is 9.51. The van der Waals surface area contributed by atoms with Crippen LogP contribution in [0.1, 0.15) is 285 Å². The molecule has 0 aliphatic carbocycles. The Morgan fingerprint density at radius 3 is 0.900 bits per heavy atom. The van der Waals surface area contributed by atoms with Crippen LogP contribution in [0.3, 0.4) is 0 Å². The minimum Gasteiger partial charge on any atom is -0.462 e. The van der Waals surface area contributed by atoms with Crippen molar-refractivity contribution in [1.29, 1.82) is 0 Å². The van der Waals surface area contributed by atoms with Gasteiger partial charge in [-0.15, -0.1) is 0 Å². The van der Waals surface area contributed by atoms with Crippen molar-refractivity contribution >= 4 is 39.5 Å². The van der Waals surface area contributed by atoms with Crippen LogP contribution in [0.25, 0.3) is 0 Å². The second-order valence-corrected chi connectivity index (χ2v) is 27.7. The highest BCUT2D eigenvalue weighted by Gasteiger charge is 2.30. The van der Waals surface area contributed by atoms with E-state index >= 15 is 0 Å². The van der Waals surface area contributed by atoms with Crippen LogP contribution >= 0.6 is 15.6 Å². The summed E-state index contributed by atoms with van der Waals surface area (Å²) in [6.45, 7) is 4.44. The molecule has 5 unspecified atom stereocenters. The smallest absolute Gasteiger partial charge is 0.462 e. The summed E-state index contributed by atoms with van der Waals surface area (Å²) in [4.78, 5) is 72.8. The number of aliphatic hydroxyl groups is 1. The third-order valence-corrected chi connectivity index (χ3v) is 17.2. The van der Waals surface area contributed by atoms with Gasteiger partial charge < -0.3 is 33.8 Å². The molecule has 0 heterocycles. The number of aliphatic hydroxyl groups excluding tert-OH is 1. The second kappa shape index (κ2) is 72.3. The molecule has 0 radical (unpaired) electrons. The average Bonchev–Trinajstić information content (AvgIpc) is 0.930. The topological polar surface area (TPSA) is 237 Å². The Hall–Kier alpha value is -5.06. The molecule has 0 aromatic heterocycles. The lowest BCUT2D eigenvalue weighted by atomic mass is 10.1. The van der Waals surface area contributed by atoms with Gasteiger partial charge in [-0.1, -0.05) is 257 Å². The highest BCUT2D eigenvalue weighted by atomic mass is 31.2. The highest BCUT2D eigenvalue weighted by molar-refractivity contribution is 7.47. The Morgan fingerprint density at radius 1 is 0.290 bits per heavy atom. The first kappa shape index (κ1) is 94.9. The number of hydrogen-bond donors (Lipinski definition) is 3. The number of carbonyl (C=O) groups is 4. The summed E-state index contributed by atoms with van der Waals surface area (Å²) >= 11 is 0. The number of esters is 4. The molecule has 17 nitrogen and oxygen atoms in total. The van der Waals surface area contributed by atoms with Gasteiger partial charge in [0.25, 0.3) is 0 Å². The number of phosphoric acid groups is 2. The van der Waals surface area contributed by atoms with Gasteiger partial charge in [0.05, 0.1) is 26.4 Å². The van der Waals surface area contributed by atoms with Crippen molar-refractivity contribution in [2.24, 2.45) is 0 Å². The van der Waals surface area contributed by atoms with E-state index in [1.165, 1.54) is 38.5 Å². The molecule has 0 rings (SSSR count). The summed E-state index contributed by atoms with van der Waals surface area (Å²) in [5.41, 5.74) is 0. The van der Waals surface area contributed by atoms with Gasteiger partial charge in [0.15, 0.2) is 12.2 Å². The Balaban J connectivity index is 5.45. The van der Waals surface area contributed by atoms with Gasteiger partial charge in [0, 0.05) is 25.7 Å². The van der Waals surface area contributed by atoms with Crippen LogP contribution in [-0.2, 0) is 65.4 Å². The molecule has 0 fully saturated rings. The molecule has 19 heteroatoms. The van der Waals surface area contributed by atoms with E-state index < -0.39 is 97.5 Å². The predicted molar refractivity (Wildman–Crippen MR) is 408 cm³/mol. The van der Waals surface area contributed by atoms with Crippen LogP contribution in [-0.4, -0.2) is 96.7 Å². The van der Waals surface area contributed by atoms with E-state index in [1.807, 2.05) is 18.2 Å². The van der Waals surface area contributed by atoms with Gasteiger partial charge >= 0.3 is 39.5 Å². The van der Waals surface area contributed by atoms with Crippen molar-refractivity contribution in [1.82, 2.24) is 0 Å². The first-order chi connectivity index (χ1) is 48.7. The predicted octanol–water partition coefficient (Wildman–Crippen LogP) is 21.9. The van der Waals surface area contributed by atoms with Crippen molar-refractivity contribution < 1.29 is 80.2 Å². The number of ether oxygens (including phenoxy) is 4. The normalized spacial score (nSPS) is 14.8. The quantitative estimate of drug-likeness (QED) is 0.0169. The lowest BCUT2D eigenvalue weighted by Gasteiger charge is -2.21. The first-order valence-electron chi connectivity index (χ1n) is 38.1. The molecule has 0 aliphatic rings. The lowest BCUT2D eigenvalue weighted by Crippen LogP contribution is -2.30. The summed E-state index contributed by atoms with van der Waals surface area (Å²) in [5.74, 6) is -2.33. The molecule has 3 N–H and O–H groups in total.